The number of rotatable bonds is 2. The molecule has 11 heavy (non-hydrogen) atoms. The fraction of sp³-hybridized carbons (Fsp3) is 0.625. The predicted molar refractivity (Wildman–Crippen MR) is 46.7 cm³/mol. The van der Waals surface area contributed by atoms with Gasteiger partial charge in [0.05, 0.1) is 6.10 Å². The van der Waals surface area contributed by atoms with E-state index in [1.807, 2.05) is 0 Å². The monoisotopic (exact) mass is 218 g/mol. The highest BCUT2D eigenvalue weighted by atomic mass is 79.9. The van der Waals surface area contributed by atoms with Gasteiger partial charge in [0.25, 0.3) is 0 Å². The molecule has 1 unspecified atom stereocenters. The van der Waals surface area contributed by atoms with Gasteiger partial charge in [-0.05, 0) is 12.8 Å². The summed E-state index contributed by atoms with van der Waals surface area (Å²) in [6, 6.07) is 0. The predicted octanol–water partition coefficient (Wildman–Crippen LogP) is 2.03. The van der Waals surface area contributed by atoms with Crippen LogP contribution in [-0.2, 0) is 9.53 Å². The summed E-state index contributed by atoms with van der Waals surface area (Å²) in [6.45, 7) is 0. The van der Waals surface area contributed by atoms with Crippen molar-refractivity contribution in [3.8, 4) is 0 Å². The maximum Gasteiger partial charge on any atom is 0.146 e. The van der Waals surface area contributed by atoms with Gasteiger partial charge in [0.15, 0.2) is 0 Å². The molecule has 0 aliphatic heterocycles. The highest BCUT2D eigenvalue weighted by Gasteiger charge is 2.18. The average Bonchev–Trinajstić information content (AvgIpc) is 2.05. The minimum Gasteiger partial charge on any atom is -0.381 e. The van der Waals surface area contributed by atoms with E-state index >= 15 is 0 Å². The van der Waals surface area contributed by atoms with Crippen LogP contribution in [0.3, 0.4) is 0 Å². The Kier molecular flexibility index (Phi) is 3.27. The first-order chi connectivity index (χ1) is 5.27. The largest absolute Gasteiger partial charge is 0.381 e. The van der Waals surface area contributed by atoms with Gasteiger partial charge in [-0.15, -0.1) is 0 Å². The van der Waals surface area contributed by atoms with Gasteiger partial charge in [-0.25, -0.2) is 0 Å². The molecule has 0 N–H and O–H groups in total. The molecule has 1 aliphatic carbocycles. The van der Waals surface area contributed by atoms with E-state index in [4.69, 9.17) is 4.74 Å². The zero-order chi connectivity index (χ0) is 8.27. The molecule has 1 rings (SSSR count). The third-order valence-electron chi connectivity index (χ3n) is 1.96. The smallest absolute Gasteiger partial charge is 0.146 e. The van der Waals surface area contributed by atoms with Crippen molar-refractivity contribution in [3.63, 3.8) is 0 Å². The Balaban J connectivity index is 2.65. The lowest BCUT2D eigenvalue weighted by atomic mass is 9.98. The highest BCUT2D eigenvalue weighted by molar-refractivity contribution is 9.11. The molecule has 0 radical (unpaired) electrons. The van der Waals surface area contributed by atoms with Gasteiger partial charge < -0.3 is 4.74 Å². The molecule has 0 saturated heterocycles. The van der Waals surface area contributed by atoms with Crippen LogP contribution >= 0.6 is 15.9 Å². The lowest BCUT2D eigenvalue weighted by Gasteiger charge is -2.20. The molecular weight excluding hydrogens is 208 g/mol. The van der Waals surface area contributed by atoms with Crippen molar-refractivity contribution in [3.05, 3.63) is 10.1 Å². The molecule has 0 fully saturated rings. The number of aldehydes is 1. The van der Waals surface area contributed by atoms with Crippen LogP contribution < -0.4 is 0 Å². The summed E-state index contributed by atoms with van der Waals surface area (Å²) in [5.41, 5.74) is 0.850. The number of carbonyl (C=O) groups is 1. The summed E-state index contributed by atoms with van der Waals surface area (Å²) in [5, 5.41) is 0. The molecule has 1 atom stereocenters. The van der Waals surface area contributed by atoms with Gasteiger partial charge in [0.2, 0.25) is 0 Å². The van der Waals surface area contributed by atoms with Gasteiger partial charge >= 0.3 is 0 Å². The summed E-state index contributed by atoms with van der Waals surface area (Å²) in [7, 11) is 1.69. The van der Waals surface area contributed by atoms with E-state index in [1.54, 1.807) is 7.11 Å². The second-order valence-corrected chi connectivity index (χ2v) is 3.61. The summed E-state index contributed by atoms with van der Waals surface area (Å²) < 4.78 is 6.20. The molecule has 0 aromatic rings. The van der Waals surface area contributed by atoms with Crippen molar-refractivity contribution >= 4 is 22.2 Å². The van der Waals surface area contributed by atoms with Crippen LogP contribution in [0, 0.1) is 0 Å². The molecule has 0 amide bonds. The zero-order valence-electron chi connectivity index (χ0n) is 6.47. The standard InChI is InChI=1S/C8H11BrO2/c1-11-7-2-3-8(9)6(4-7)5-10/h5,7H,2-4H2,1H3. The van der Waals surface area contributed by atoms with Crippen molar-refractivity contribution in [2.24, 2.45) is 0 Å². The molecule has 1 aliphatic rings. The van der Waals surface area contributed by atoms with Crippen LogP contribution in [-0.4, -0.2) is 19.5 Å². The van der Waals surface area contributed by atoms with Crippen molar-refractivity contribution in [1.29, 1.82) is 0 Å². The Hall–Kier alpha value is -0.150. The number of hydrogen-bond donors (Lipinski definition) is 0. The van der Waals surface area contributed by atoms with E-state index < -0.39 is 0 Å². The average molecular weight is 219 g/mol. The Bertz CT molecular complexity index is 187. The second kappa shape index (κ2) is 4.02. The van der Waals surface area contributed by atoms with Crippen LogP contribution in [0.5, 0.6) is 0 Å². The first kappa shape index (κ1) is 8.94. The van der Waals surface area contributed by atoms with E-state index in [0.717, 1.165) is 35.6 Å². The van der Waals surface area contributed by atoms with E-state index in [0.29, 0.717) is 0 Å². The van der Waals surface area contributed by atoms with Crippen LogP contribution in [0.4, 0.5) is 0 Å². The summed E-state index contributed by atoms with van der Waals surface area (Å²) in [5.74, 6) is 0. The molecule has 2 nitrogen and oxygen atoms in total. The Labute approximate surface area is 74.7 Å². The molecule has 0 bridgehead atoms. The number of ether oxygens (including phenoxy) is 1. The van der Waals surface area contributed by atoms with Crippen molar-refractivity contribution < 1.29 is 9.53 Å². The third-order valence-corrected chi connectivity index (χ3v) is 2.86. The van der Waals surface area contributed by atoms with Crippen molar-refractivity contribution in [1.82, 2.24) is 0 Å². The first-order valence-corrected chi connectivity index (χ1v) is 4.42. The minimum absolute atomic E-state index is 0.233. The normalized spacial score (nSPS) is 25.5. The number of hydrogen-bond acceptors (Lipinski definition) is 2. The zero-order valence-corrected chi connectivity index (χ0v) is 8.06. The Morgan fingerprint density at radius 3 is 3.00 bits per heavy atom. The lowest BCUT2D eigenvalue weighted by molar-refractivity contribution is -0.105. The second-order valence-electron chi connectivity index (χ2n) is 2.65. The Morgan fingerprint density at radius 2 is 2.45 bits per heavy atom. The van der Waals surface area contributed by atoms with Gasteiger partial charge in [-0.1, -0.05) is 15.9 Å². The van der Waals surface area contributed by atoms with Crippen molar-refractivity contribution in [2.75, 3.05) is 7.11 Å². The Morgan fingerprint density at radius 1 is 1.73 bits per heavy atom. The van der Waals surface area contributed by atoms with Crippen LogP contribution in [0.15, 0.2) is 10.1 Å². The fourth-order valence-electron chi connectivity index (χ4n) is 1.22. The maximum absolute atomic E-state index is 10.5. The highest BCUT2D eigenvalue weighted by Crippen LogP contribution is 2.28. The molecule has 62 valence electrons. The quantitative estimate of drug-likeness (QED) is 0.664. The van der Waals surface area contributed by atoms with Gasteiger partial charge in [0.1, 0.15) is 6.29 Å². The number of methoxy groups -OCH3 is 1. The number of allylic oxidation sites excluding steroid dienone is 1. The topological polar surface area (TPSA) is 26.3 Å². The van der Waals surface area contributed by atoms with Crippen LogP contribution in [0.1, 0.15) is 19.3 Å². The molecule has 3 heteroatoms. The molecule has 0 heterocycles. The first-order valence-electron chi connectivity index (χ1n) is 3.63. The van der Waals surface area contributed by atoms with Gasteiger partial charge in [-0.3, -0.25) is 4.79 Å². The molecule has 0 aromatic heterocycles. The molecular formula is C8H11BrO2. The SMILES string of the molecule is COC1CCC(Br)=C(C=O)C1. The number of carbonyl (C=O) groups excluding carboxylic acids is 1. The van der Waals surface area contributed by atoms with Crippen LogP contribution in [0.2, 0.25) is 0 Å². The van der Waals surface area contributed by atoms with Gasteiger partial charge in [-0.2, -0.15) is 0 Å². The third kappa shape index (κ3) is 2.14. The van der Waals surface area contributed by atoms with Gasteiger partial charge in [0, 0.05) is 23.6 Å². The fourth-order valence-corrected chi connectivity index (χ4v) is 1.70. The van der Waals surface area contributed by atoms with Crippen molar-refractivity contribution in [2.45, 2.75) is 25.4 Å². The number of halogens is 1. The van der Waals surface area contributed by atoms with Crippen LogP contribution in [0.25, 0.3) is 0 Å². The van der Waals surface area contributed by atoms with E-state index in [1.165, 1.54) is 0 Å². The maximum atomic E-state index is 10.5. The molecule has 0 spiro atoms. The summed E-state index contributed by atoms with van der Waals surface area (Å²) in [6.07, 6.45) is 3.83. The summed E-state index contributed by atoms with van der Waals surface area (Å²) in [4.78, 5) is 10.5. The molecule has 0 saturated carbocycles. The van der Waals surface area contributed by atoms with E-state index in [-0.39, 0.29) is 6.10 Å². The lowest BCUT2D eigenvalue weighted by Crippen LogP contribution is -2.16. The van der Waals surface area contributed by atoms with E-state index in [9.17, 15) is 4.79 Å². The van der Waals surface area contributed by atoms with E-state index in [2.05, 4.69) is 15.9 Å². The molecule has 0 aromatic carbocycles. The summed E-state index contributed by atoms with van der Waals surface area (Å²) >= 11 is 3.36. The minimum atomic E-state index is 0.233.